The number of carbonyl (C=O) groups is 2. The van der Waals surface area contributed by atoms with Gasteiger partial charge in [-0.1, -0.05) is 53.7 Å². The number of thioether (sulfide) groups is 1. The molecule has 1 unspecified atom stereocenters. The predicted molar refractivity (Wildman–Crippen MR) is 146 cm³/mol. The molecule has 1 atom stereocenters. The van der Waals surface area contributed by atoms with Gasteiger partial charge in [0, 0.05) is 16.3 Å². The van der Waals surface area contributed by atoms with E-state index in [0.717, 1.165) is 38.2 Å². The predicted octanol–water partition coefficient (Wildman–Crippen LogP) is 7.18. The van der Waals surface area contributed by atoms with E-state index in [9.17, 15) is 9.59 Å². The van der Waals surface area contributed by atoms with Crippen molar-refractivity contribution in [1.29, 1.82) is 0 Å². The molecule has 4 aromatic rings. The van der Waals surface area contributed by atoms with Gasteiger partial charge in [0.1, 0.15) is 10.6 Å². The van der Waals surface area contributed by atoms with Gasteiger partial charge in [-0.3, -0.25) is 4.79 Å². The molecule has 2 aromatic carbocycles. The number of anilines is 1. The van der Waals surface area contributed by atoms with E-state index in [2.05, 4.69) is 38.2 Å². The molecule has 1 amide bonds. The summed E-state index contributed by atoms with van der Waals surface area (Å²) in [6.07, 6.45) is 0. The van der Waals surface area contributed by atoms with Crippen molar-refractivity contribution in [1.82, 2.24) is 4.98 Å². The first kappa shape index (κ1) is 24.9. The molecule has 35 heavy (non-hydrogen) atoms. The van der Waals surface area contributed by atoms with E-state index in [0.29, 0.717) is 10.6 Å². The van der Waals surface area contributed by atoms with Crippen LogP contribution in [-0.2, 0) is 9.53 Å². The minimum Gasteiger partial charge on any atom is -0.462 e. The van der Waals surface area contributed by atoms with Gasteiger partial charge >= 0.3 is 5.97 Å². The first-order valence-corrected chi connectivity index (χ1v) is 13.2. The van der Waals surface area contributed by atoms with Gasteiger partial charge in [0.15, 0.2) is 0 Å². The number of nitrogens with one attached hydrogen (secondary N) is 1. The van der Waals surface area contributed by atoms with Gasteiger partial charge in [-0.05, 0) is 63.4 Å². The Hall–Kier alpha value is -3.16. The topological polar surface area (TPSA) is 68.3 Å². The standard InChI is InChI=1S/C28H28N2O3S2/c1-6-33-28(32)24-22(20-10-8-7-9-11-20)15-34-27(24)30-26(31)19(5)35-23-14-17(3)21-13-16(2)12-18(4)25(21)29-23/h7-15,19H,6H2,1-5H3,(H,30,31). The van der Waals surface area contributed by atoms with Crippen molar-refractivity contribution in [3.05, 3.63) is 76.2 Å². The number of aromatic nitrogens is 1. The third kappa shape index (κ3) is 5.41. The number of ether oxygens (including phenoxy) is 1. The fraction of sp³-hybridized carbons (Fsp3) is 0.250. The Morgan fingerprint density at radius 1 is 1.09 bits per heavy atom. The van der Waals surface area contributed by atoms with Crippen LogP contribution in [0.2, 0.25) is 0 Å². The number of carbonyl (C=O) groups excluding carboxylic acids is 2. The van der Waals surface area contributed by atoms with E-state index in [1.54, 1.807) is 6.92 Å². The Morgan fingerprint density at radius 2 is 1.83 bits per heavy atom. The molecule has 1 N–H and O–H groups in total. The third-order valence-electron chi connectivity index (χ3n) is 5.69. The van der Waals surface area contributed by atoms with Crippen LogP contribution in [0.4, 0.5) is 5.00 Å². The smallest absolute Gasteiger partial charge is 0.341 e. The molecule has 0 saturated heterocycles. The second-order valence-electron chi connectivity index (χ2n) is 8.44. The van der Waals surface area contributed by atoms with Crippen molar-refractivity contribution >= 4 is 50.9 Å². The molecule has 0 aliphatic heterocycles. The Labute approximate surface area is 213 Å². The maximum Gasteiger partial charge on any atom is 0.341 e. The summed E-state index contributed by atoms with van der Waals surface area (Å²) in [4.78, 5) is 30.8. The summed E-state index contributed by atoms with van der Waals surface area (Å²) in [6.45, 7) is 10.1. The van der Waals surface area contributed by atoms with E-state index in [4.69, 9.17) is 9.72 Å². The molecule has 0 saturated carbocycles. The summed E-state index contributed by atoms with van der Waals surface area (Å²) in [7, 11) is 0. The summed E-state index contributed by atoms with van der Waals surface area (Å²) in [5.74, 6) is -0.636. The molecule has 4 rings (SSSR count). The fourth-order valence-electron chi connectivity index (χ4n) is 4.01. The number of hydrogen-bond donors (Lipinski definition) is 1. The van der Waals surface area contributed by atoms with Crippen LogP contribution in [0.3, 0.4) is 0 Å². The van der Waals surface area contributed by atoms with Crippen LogP contribution in [0.25, 0.3) is 22.0 Å². The third-order valence-corrected chi connectivity index (χ3v) is 7.60. The van der Waals surface area contributed by atoms with Crippen LogP contribution < -0.4 is 5.32 Å². The highest BCUT2D eigenvalue weighted by atomic mass is 32.2. The first-order valence-electron chi connectivity index (χ1n) is 11.5. The SMILES string of the molecule is CCOC(=O)c1c(-c2ccccc2)csc1NC(=O)C(C)Sc1cc(C)c2cc(C)cc(C)c2n1. The molecule has 2 aromatic heterocycles. The summed E-state index contributed by atoms with van der Waals surface area (Å²) in [5.41, 5.74) is 6.45. The van der Waals surface area contributed by atoms with Gasteiger partial charge in [0.05, 0.1) is 22.4 Å². The maximum absolute atomic E-state index is 13.2. The number of benzene rings is 2. The van der Waals surface area contributed by atoms with Gasteiger partial charge in [0.2, 0.25) is 5.91 Å². The lowest BCUT2D eigenvalue weighted by Crippen LogP contribution is -2.23. The summed E-state index contributed by atoms with van der Waals surface area (Å²) in [6, 6.07) is 15.9. The molecule has 5 nitrogen and oxygen atoms in total. The van der Waals surface area contributed by atoms with Crippen LogP contribution in [0.5, 0.6) is 0 Å². The fourth-order valence-corrected chi connectivity index (χ4v) is 5.89. The van der Waals surface area contributed by atoms with E-state index in [1.807, 2.05) is 48.7 Å². The van der Waals surface area contributed by atoms with Crippen LogP contribution in [0.1, 0.15) is 40.9 Å². The highest BCUT2D eigenvalue weighted by molar-refractivity contribution is 8.00. The minimum atomic E-state index is -0.444. The molecule has 0 aliphatic carbocycles. The van der Waals surface area contributed by atoms with Crippen LogP contribution in [-0.4, -0.2) is 28.7 Å². The van der Waals surface area contributed by atoms with Crippen molar-refractivity contribution in [2.24, 2.45) is 0 Å². The highest BCUT2D eigenvalue weighted by Crippen LogP contribution is 2.37. The van der Waals surface area contributed by atoms with Crippen molar-refractivity contribution < 1.29 is 14.3 Å². The van der Waals surface area contributed by atoms with Gasteiger partial charge in [-0.2, -0.15) is 0 Å². The first-order chi connectivity index (χ1) is 16.8. The molecular weight excluding hydrogens is 476 g/mol. The number of nitrogens with zero attached hydrogens (tertiary/aromatic N) is 1. The lowest BCUT2D eigenvalue weighted by molar-refractivity contribution is -0.115. The molecule has 180 valence electrons. The molecule has 0 radical (unpaired) electrons. The number of esters is 1. The zero-order valence-corrected chi connectivity index (χ0v) is 22.1. The van der Waals surface area contributed by atoms with E-state index < -0.39 is 11.2 Å². The molecule has 7 heteroatoms. The minimum absolute atomic E-state index is 0.192. The lowest BCUT2D eigenvalue weighted by atomic mass is 10.0. The maximum atomic E-state index is 13.2. The second-order valence-corrected chi connectivity index (χ2v) is 10.7. The van der Waals surface area contributed by atoms with Crippen molar-refractivity contribution in [2.45, 2.75) is 44.9 Å². The van der Waals surface area contributed by atoms with Crippen LogP contribution in [0, 0.1) is 20.8 Å². The van der Waals surface area contributed by atoms with Crippen LogP contribution in [0.15, 0.2) is 58.9 Å². The van der Waals surface area contributed by atoms with E-state index in [1.165, 1.54) is 28.7 Å². The number of pyridine rings is 1. The Bertz CT molecular complexity index is 1400. The molecule has 0 aliphatic rings. The van der Waals surface area contributed by atoms with Crippen molar-refractivity contribution in [2.75, 3.05) is 11.9 Å². The second kappa shape index (κ2) is 10.6. The Morgan fingerprint density at radius 3 is 2.54 bits per heavy atom. The Balaban J connectivity index is 1.58. The normalized spacial score (nSPS) is 11.9. The molecule has 2 heterocycles. The zero-order chi connectivity index (χ0) is 25.1. The molecule has 0 bridgehead atoms. The van der Waals surface area contributed by atoms with Gasteiger partial charge in [-0.15, -0.1) is 11.3 Å². The summed E-state index contributed by atoms with van der Waals surface area (Å²) >= 11 is 2.73. The number of rotatable bonds is 7. The summed E-state index contributed by atoms with van der Waals surface area (Å²) in [5, 5.41) is 6.86. The average Bonchev–Trinajstić information content (AvgIpc) is 3.24. The van der Waals surface area contributed by atoms with Gasteiger partial charge < -0.3 is 10.1 Å². The number of fused-ring (bicyclic) bond motifs is 1. The highest BCUT2D eigenvalue weighted by Gasteiger charge is 2.25. The van der Waals surface area contributed by atoms with Crippen molar-refractivity contribution in [3.8, 4) is 11.1 Å². The zero-order valence-electron chi connectivity index (χ0n) is 20.5. The number of thiophene rings is 1. The lowest BCUT2D eigenvalue weighted by Gasteiger charge is -2.14. The number of hydrogen-bond acceptors (Lipinski definition) is 6. The van der Waals surface area contributed by atoms with Gasteiger partial charge in [0.25, 0.3) is 0 Å². The van der Waals surface area contributed by atoms with Crippen LogP contribution >= 0.6 is 23.1 Å². The number of aryl methyl sites for hydroxylation is 3. The number of amides is 1. The average molecular weight is 505 g/mol. The largest absolute Gasteiger partial charge is 0.462 e. The molecule has 0 fully saturated rings. The van der Waals surface area contributed by atoms with Crippen molar-refractivity contribution in [3.63, 3.8) is 0 Å². The van der Waals surface area contributed by atoms with E-state index in [-0.39, 0.29) is 12.5 Å². The van der Waals surface area contributed by atoms with Gasteiger partial charge in [-0.25, -0.2) is 9.78 Å². The summed E-state index contributed by atoms with van der Waals surface area (Å²) < 4.78 is 5.30. The van der Waals surface area contributed by atoms with E-state index >= 15 is 0 Å². The monoisotopic (exact) mass is 504 g/mol. The molecule has 0 spiro atoms. The molecular formula is C28H28N2O3S2. The quantitative estimate of drug-likeness (QED) is 0.213. The Kier molecular flexibility index (Phi) is 7.57.